The SMILES string of the molecule is CCCC(OCc1cccc(N(CCC)C(=O)C(/C=N\C)=C(\C)C(C)CC)c1)c1ccccc1. The summed E-state index contributed by atoms with van der Waals surface area (Å²) in [7, 11) is 1.72. The molecule has 34 heavy (non-hydrogen) atoms. The third kappa shape index (κ3) is 7.66. The predicted octanol–water partition coefficient (Wildman–Crippen LogP) is 7.55. The lowest BCUT2D eigenvalue weighted by Crippen LogP contribution is -2.34. The Kier molecular flexibility index (Phi) is 11.8. The summed E-state index contributed by atoms with van der Waals surface area (Å²) < 4.78 is 6.35. The summed E-state index contributed by atoms with van der Waals surface area (Å²) in [6.45, 7) is 11.8. The van der Waals surface area contributed by atoms with E-state index >= 15 is 0 Å². The van der Waals surface area contributed by atoms with Crippen molar-refractivity contribution < 1.29 is 9.53 Å². The molecule has 0 N–H and O–H groups in total. The molecule has 0 heterocycles. The van der Waals surface area contributed by atoms with Crippen molar-refractivity contribution in [2.45, 2.75) is 73.0 Å². The Bertz CT molecular complexity index is 949. The maximum atomic E-state index is 13.7. The van der Waals surface area contributed by atoms with Gasteiger partial charge in [0.25, 0.3) is 5.91 Å². The number of carbonyl (C=O) groups is 1. The third-order valence-electron chi connectivity index (χ3n) is 6.35. The molecule has 0 aliphatic rings. The summed E-state index contributed by atoms with van der Waals surface area (Å²) in [6.07, 6.45) is 5.68. The van der Waals surface area contributed by atoms with E-state index in [0.717, 1.165) is 42.5 Å². The van der Waals surface area contributed by atoms with Crippen LogP contribution in [0.25, 0.3) is 0 Å². The first-order valence-corrected chi connectivity index (χ1v) is 12.7. The second-order valence-electron chi connectivity index (χ2n) is 8.92. The van der Waals surface area contributed by atoms with E-state index in [1.54, 1.807) is 13.3 Å². The molecule has 2 aromatic carbocycles. The Balaban J connectivity index is 2.29. The summed E-state index contributed by atoms with van der Waals surface area (Å²) in [4.78, 5) is 19.8. The van der Waals surface area contributed by atoms with Crippen molar-refractivity contribution in [3.05, 3.63) is 76.9 Å². The van der Waals surface area contributed by atoms with Crippen LogP contribution in [0.2, 0.25) is 0 Å². The number of amides is 1. The van der Waals surface area contributed by atoms with E-state index in [2.05, 4.69) is 76.0 Å². The number of nitrogens with zero attached hydrogens (tertiary/aromatic N) is 2. The molecule has 0 radical (unpaired) electrons. The highest BCUT2D eigenvalue weighted by molar-refractivity contribution is 6.19. The maximum Gasteiger partial charge on any atom is 0.259 e. The number of hydrogen-bond acceptors (Lipinski definition) is 3. The first-order valence-electron chi connectivity index (χ1n) is 12.7. The van der Waals surface area contributed by atoms with Crippen molar-refractivity contribution in [2.75, 3.05) is 18.5 Å². The van der Waals surface area contributed by atoms with Crippen LogP contribution in [-0.4, -0.2) is 25.7 Å². The molecule has 0 aliphatic heterocycles. The molecule has 0 fully saturated rings. The molecule has 2 aromatic rings. The van der Waals surface area contributed by atoms with E-state index in [-0.39, 0.29) is 12.0 Å². The van der Waals surface area contributed by atoms with Crippen LogP contribution in [0.3, 0.4) is 0 Å². The number of allylic oxidation sites excluding steroid dienone is 1. The van der Waals surface area contributed by atoms with Crippen molar-refractivity contribution >= 4 is 17.8 Å². The fourth-order valence-corrected chi connectivity index (χ4v) is 4.03. The zero-order valence-electron chi connectivity index (χ0n) is 21.9. The van der Waals surface area contributed by atoms with Crippen molar-refractivity contribution in [1.29, 1.82) is 0 Å². The van der Waals surface area contributed by atoms with Crippen LogP contribution in [0, 0.1) is 5.92 Å². The molecule has 0 aliphatic carbocycles. The monoisotopic (exact) mass is 462 g/mol. The molecule has 2 unspecified atom stereocenters. The highest BCUT2D eigenvalue weighted by Gasteiger charge is 2.22. The predicted molar refractivity (Wildman–Crippen MR) is 145 cm³/mol. The van der Waals surface area contributed by atoms with Gasteiger partial charge in [-0.15, -0.1) is 0 Å². The molecule has 1 amide bonds. The number of anilines is 1. The Hall–Kier alpha value is -2.72. The summed E-state index contributed by atoms with van der Waals surface area (Å²) in [6, 6.07) is 18.6. The fourth-order valence-electron chi connectivity index (χ4n) is 4.03. The molecule has 0 saturated heterocycles. The van der Waals surface area contributed by atoms with Gasteiger partial charge in [0.15, 0.2) is 0 Å². The second-order valence-corrected chi connectivity index (χ2v) is 8.92. The second kappa shape index (κ2) is 14.5. The lowest BCUT2D eigenvalue weighted by atomic mass is 9.94. The Morgan fingerprint density at radius 2 is 1.79 bits per heavy atom. The largest absolute Gasteiger partial charge is 0.369 e. The molecular weight excluding hydrogens is 420 g/mol. The minimum atomic E-state index is 0.0106. The van der Waals surface area contributed by atoms with Crippen molar-refractivity contribution in [1.82, 2.24) is 0 Å². The molecular formula is C30H42N2O2. The molecule has 0 bridgehead atoms. The molecule has 4 nitrogen and oxygen atoms in total. The van der Waals surface area contributed by atoms with Gasteiger partial charge < -0.3 is 9.64 Å². The van der Waals surface area contributed by atoms with Crippen LogP contribution in [0.5, 0.6) is 0 Å². The van der Waals surface area contributed by atoms with Gasteiger partial charge in [0.2, 0.25) is 0 Å². The highest BCUT2D eigenvalue weighted by Crippen LogP contribution is 2.26. The zero-order valence-corrected chi connectivity index (χ0v) is 21.9. The topological polar surface area (TPSA) is 41.9 Å². The van der Waals surface area contributed by atoms with E-state index < -0.39 is 0 Å². The molecule has 4 heteroatoms. The summed E-state index contributed by atoms with van der Waals surface area (Å²) in [5.74, 6) is 0.338. The van der Waals surface area contributed by atoms with Gasteiger partial charge in [-0.05, 0) is 55.4 Å². The smallest absolute Gasteiger partial charge is 0.259 e. The first kappa shape index (κ1) is 27.5. The summed E-state index contributed by atoms with van der Waals surface area (Å²) >= 11 is 0. The number of benzene rings is 2. The lowest BCUT2D eigenvalue weighted by Gasteiger charge is -2.25. The number of ether oxygens (including phenoxy) is 1. The van der Waals surface area contributed by atoms with Gasteiger partial charge in [-0.2, -0.15) is 0 Å². The minimum Gasteiger partial charge on any atom is -0.369 e. The van der Waals surface area contributed by atoms with Gasteiger partial charge in [0, 0.05) is 25.5 Å². The molecule has 2 rings (SSSR count). The van der Waals surface area contributed by atoms with E-state index in [9.17, 15) is 4.79 Å². The average Bonchev–Trinajstić information content (AvgIpc) is 2.87. The number of aliphatic imine (C=N–C) groups is 1. The standard InChI is InChI=1S/C30H42N2O2/c1-7-14-29(26-16-11-10-12-17-26)34-22-25-15-13-18-27(20-25)32(19-8-2)30(33)28(21-31-6)24(5)23(4)9-3/h10-13,15-18,20-21,23,29H,7-9,14,19,22H2,1-6H3/b28-24+,31-21-. The average molecular weight is 463 g/mol. The van der Waals surface area contributed by atoms with Crippen LogP contribution < -0.4 is 4.90 Å². The summed E-state index contributed by atoms with van der Waals surface area (Å²) in [5, 5.41) is 0. The molecule has 2 atom stereocenters. The minimum absolute atomic E-state index is 0.0106. The zero-order chi connectivity index (χ0) is 24.9. The van der Waals surface area contributed by atoms with E-state index in [1.165, 1.54) is 5.56 Å². The van der Waals surface area contributed by atoms with E-state index in [0.29, 0.717) is 24.6 Å². The van der Waals surface area contributed by atoms with Crippen LogP contribution in [0.4, 0.5) is 5.69 Å². The quantitative estimate of drug-likeness (QED) is 0.228. The highest BCUT2D eigenvalue weighted by atomic mass is 16.5. The van der Waals surface area contributed by atoms with Crippen molar-refractivity contribution in [3.8, 4) is 0 Å². The molecule has 184 valence electrons. The van der Waals surface area contributed by atoms with Gasteiger partial charge in [0.05, 0.1) is 18.3 Å². The third-order valence-corrected chi connectivity index (χ3v) is 6.35. The van der Waals surface area contributed by atoms with Crippen molar-refractivity contribution in [2.24, 2.45) is 10.9 Å². The summed E-state index contributed by atoms with van der Waals surface area (Å²) in [5.41, 5.74) is 4.95. The van der Waals surface area contributed by atoms with E-state index in [1.807, 2.05) is 23.1 Å². The van der Waals surface area contributed by atoms with Crippen LogP contribution in [-0.2, 0) is 16.1 Å². The first-order chi connectivity index (χ1) is 16.5. The fraction of sp³-hybridized carbons (Fsp3) is 0.467. The molecule has 0 spiro atoms. The molecule has 0 aromatic heterocycles. The van der Waals surface area contributed by atoms with Gasteiger partial charge in [-0.1, -0.05) is 82.2 Å². The van der Waals surface area contributed by atoms with Gasteiger partial charge in [0.1, 0.15) is 0 Å². The van der Waals surface area contributed by atoms with Crippen molar-refractivity contribution in [3.63, 3.8) is 0 Å². The van der Waals surface area contributed by atoms with E-state index in [4.69, 9.17) is 4.74 Å². The lowest BCUT2D eigenvalue weighted by molar-refractivity contribution is -0.114. The Morgan fingerprint density at radius 1 is 1.06 bits per heavy atom. The van der Waals surface area contributed by atoms with Crippen LogP contribution in [0.15, 0.2) is 70.7 Å². The number of hydrogen-bond donors (Lipinski definition) is 0. The number of carbonyl (C=O) groups excluding carboxylic acids is 1. The maximum absolute atomic E-state index is 13.7. The van der Waals surface area contributed by atoms with Gasteiger partial charge in [-0.3, -0.25) is 9.79 Å². The van der Waals surface area contributed by atoms with Gasteiger partial charge >= 0.3 is 0 Å². The Labute approximate surface area is 206 Å². The number of rotatable bonds is 13. The Morgan fingerprint density at radius 3 is 2.41 bits per heavy atom. The van der Waals surface area contributed by atoms with Crippen LogP contribution in [0.1, 0.15) is 77.5 Å². The van der Waals surface area contributed by atoms with Crippen LogP contribution >= 0.6 is 0 Å². The molecule has 0 saturated carbocycles. The normalized spacial score (nSPS) is 14.1. The van der Waals surface area contributed by atoms with Gasteiger partial charge in [-0.25, -0.2) is 0 Å².